The van der Waals surface area contributed by atoms with E-state index in [-0.39, 0.29) is 6.04 Å². The number of anilines is 1. The third kappa shape index (κ3) is 5.33. The van der Waals surface area contributed by atoms with Crippen LogP contribution in [-0.4, -0.2) is 65.1 Å². The third-order valence-corrected chi connectivity index (χ3v) is 11.1. The predicted molar refractivity (Wildman–Crippen MR) is 164 cm³/mol. The molecule has 2 aliphatic carbocycles. The summed E-state index contributed by atoms with van der Waals surface area (Å²) in [6.07, 6.45) is 12.6. The molecule has 2 aromatic heterocycles. The quantitative estimate of drug-likeness (QED) is 0.415. The monoisotopic (exact) mass is 556 g/mol. The number of thiophene rings is 1. The van der Waals surface area contributed by atoms with Crippen molar-refractivity contribution >= 4 is 17.2 Å². The molecule has 0 aromatic carbocycles. The SMILES string of the molecule is C=CC(=C)N1CCN(c2nc(CCC3CC(C)CN3C)nc3c2CCC2(CCc4ccsc4C2)C3)CC1CC#N. The molecular formula is C33H44N6S. The lowest BCUT2D eigenvalue weighted by molar-refractivity contribution is 0.208. The van der Waals surface area contributed by atoms with Crippen LogP contribution in [0.15, 0.2) is 36.4 Å². The molecule has 4 atom stereocenters. The number of likely N-dealkylation sites (tertiary alicyclic amines) is 1. The molecule has 212 valence electrons. The highest BCUT2D eigenvalue weighted by Crippen LogP contribution is 2.47. The molecule has 2 saturated heterocycles. The van der Waals surface area contributed by atoms with Crippen LogP contribution in [-0.2, 0) is 32.1 Å². The first-order valence-electron chi connectivity index (χ1n) is 15.2. The van der Waals surface area contributed by atoms with Gasteiger partial charge in [-0.15, -0.1) is 11.3 Å². The Kier molecular flexibility index (Phi) is 7.76. The van der Waals surface area contributed by atoms with Crippen LogP contribution in [0.5, 0.6) is 0 Å². The van der Waals surface area contributed by atoms with E-state index < -0.39 is 0 Å². The van der Waals surface area contributed by atoms with Crippen molar-refractivity contribution < 1.29 is 0 Å². The average molecular weight is 557 g/mol. The predicted octanol–water partition coefficient (Wildman–Crippen LogP) is 5.58. The zero-order valence-corrected chi connectivity index (χ0v) is 25.2. The number of rotatable bonds is 7. The molecule has 2 aromatic rings. The molecule has 4 aliphatic rings. The van der Waals surface area contributed by atoms with E-state index >= 15 is 0 Å². The molecule has 0 radical (unpaired) electrons. The van der Waals surface area contributed by atoms with Crippen LogP contribution in [0.1, 0.15) is 66.6 Å². The first-order valence-corrected chi connectivity index (χ1v) is 16.1. The maximum absolute atomic E-state index is 9.61. The fraction of sp³-hybridized carbons (Fsp3) is 0.606. The van der Waals surface area contributed by atoms with Crippen LogP contribution in [0.25, 0.3) is 0 Å². The standard InChI is InChI=1S/C33H44N6S/c1-5-24(3)39-16-15-38(22-27(39)10-14-34)32-28-9-13-33(12-8-25-11-17-40-30(25)20-33)19-29(28)35-31(36-32)7-6-26-18-23(2)21-37(26)4/h5,11,17,23,26-27H,1,3,6-10,12-13,15-16,18-22H2,2,4H3. The van der Waals surface area contributed by atoms with Gasteiger partial charge in [0, 0.05) is 60.5 Å². The van der Waals surface area contributed by atoms with E-state index in [1.165, 1.54) is 49.9 Å². The second kappa shape index (κ2) is 11.3. The molecule has 2 fully saturated rings. The van der Waals surface area contributed by atoms with E-state index in [1.807, 2.05) is 17.4 Å². The molecular weight excluding hydrogens is 512 g/mol. The van der Waals surface area contributed by atoms with Crippen LogP contribution in [0.2, 0.25) is 0 Å². The van der Waals surface area contributed by atoms with Gasteiger partial charge in [-0.3, -0.25) is 0 Å². The molecule has 1 spiro atoms. The molecule has 6 nitrogen and oxygen atoms in total. The fourth-order valence-electron chi connectivity index (χ4n) is 7.93. The largest absolute Gasteiger partial charge is 0.364 e. The summed E-state index contributed by atoms with van der Waals surface area (Å²) in [5.74, 6) is 2.92. The Hall–Kier alpha value is -2.69. The van der Waals surface area contributed by atoms with Gasteiger partial charge in [-0.2, -0.15) is 5.26 Å². The fourth-order valence-corrected chi connectivity index (χ4v) is 9.04. The molecule has 2 aliphatic heterocycles. The highest BCUT2D eigenvalue weighted by molar-refractivity contribution is 7.10. The van der Waals surface area contributed by atoms with Gasteiger partial charge in [0.25, 0.3) is 0 Å². The highest BCUT2D eigenvalue weighted by atomic mass is 32.1. The Labute approximate surface area is 244 Å². The summed E-state index contributed by atoms with van der Waals surface area (Å²) in [5, 5.41) is 11.9. The minimum atomic E-state index is 0.0949. The lowest BCUT2D eigenvalue weighted by Crippen LogP contribution is -2.53. The highest BCUT2D eigenvalue weighted by Gasteiger charge is 2.41. The normalized spacial score (nSPS) is 28.3. The van der Waals surface area contributed by atoms with Gasteiger partial charge in [-0.1, -0.05) is 20.1 Å². The third-order valence-electron chi connectivity index (χ3n) is 10.2. The van der Waals surface area contributed by atoms with E-state index in [0.717, 1.165) is 68.6 Å². The minimum absolute atomic E-state index is 0.0949. The van der Waals surface area contributed by atoms with Gasteiger partial charge >= 0.3 is 0 Å². The van der Waals surface area contributed by atoms with Crippen molar-refractivity contribution in [2.45, 2.75) is 83.2 Å². The van der Waals surface area contributed by atoms with Gasteiger partial charge in [-0.05, 0) is 92.8 Å². The Morgan fingerprint density at radius 3 is 2.83 bits per heavy atom. The molecule has 40 heavy (non-hydrogen) atoms. The average Bonchev–Trinajstić information content (AvgIpc) is 3.55. The number of fused-ring (bicyclic) bond motifs is 2. The summed E-state index contributed by atoms with van der Waals surface area (Å²) in [7, 11) is 2.27. The van der Waals surface area contributed by atoms with Crippen LogP contribution in [0.4, 0.5) is 5.82 Å². The van der Waals surface area contributed by atoms with E-state index in [2.05, 4.69) is 59.3 Å². The van der Waals surface area contributed by atoms with Crippen molar-refractivity contribution in [3.63, 3.8) is 0 Å². The van der Waals surface area contributed by atoms with Crippen molar-refractivity contribution in [3.05, 3.63) is 63.9 Å². The van der Waals surface area contributed by atoms with E-state index in [9.17, 15) is 5.26 Å². The molecule has 4 heterocycles. The van der Waals surface area contributed by atoms with E-state index in [1.54, 1.807) is 10.4 Å². The Bertz CT molecular complexity index is 1310. The van der Waals surface area contributed by atoms with Crippen LogP contribution >= 0.6 is 11.3 Å². The second-order valence-electron chi connectivity index (χ2n) is 12.9. The minimum Gasteiger partial charge on any atom is -0.364 e. The maximum atomic E-state index is 9.61. The smallest absolute Gasteiger partial charge is 0.135 e. The van der Waals surface area contributed by atoms with Crippen LogP contribution in [0, 0.1) is 22.7 Å². The number of piperazine rings is 1. The van der Waals surface area contributed by atoms with Gasteiger partial charge in [0.05, 0.1) is 18.5 Å². The van der Waals surface area contributed by atoms with Crippen molar-refractivity contribution in [2.24, 2.45) is 11.3 Å². The lowest BCUT2D eigenvalue weighted by atomic mass is 9.65. The summed E-state index contributed by atoms with van der Waals surface area (Å²) in [6.45, 7) is 14.2. The van der Waals surface area contributed by atoms with Crippen LogP contribution in [0.3, 0.4) is 0 Å². The summed E-state index contributed by atoms with van der Waals surface area (Å²) in [5.41, 5.74) is 5.48. The number of aryl methyl sites for hydroxylation is 2. The summed E-state index contributed by atoms with van der Waals surface area (Å²) in [4.78, 5) is 19.5. The van der Waals surface area contributed by atoms with Crippen LogP contribution < -0.4 is 4.90 Å². The number of nitrogens with zero attached hydrogens (tertiary/aromatic N) is 6. The Balaban J connectivity index is 1.30. The molecule has 6 rings (SSSR count). The first-order chi connectivity index (χ1) is 19.4. The second-order valence-corrected chi connectivity index (χ2v) is 13.9. The van der Waals surface area contributed by atoms with Gasteiger partial charge < -0.3 is 14.7 Å². The van der Waals surface area contributed by atoms with Gasteiger partial charge in [0.1, 0.15) is 11.6 Å². The summed E-state index contributed by atoms with van der Waals surface area (Å²) >= 11 is 1.94. The van der Waals surface area contributed by atoms with Gasteiger partial charge in [0.2, 0.25) is 0 Å². The Morgan fingerprint density at radius 1 is 1.20 bits per heavy atom. The van der Waals surface area contributed by atoms with Crippen molar-refractivity contribution in [2.75, 3.05) is 38.1 Å². The topological polar surface area (TPSA) is 59.3 Å². The van der Waals surface area contributed by atoms with E-state index in [4.69, 9.17) is 9.97 Å². The lowest BCUT2D eigenvalue weighted by Gasteiger charge is -2.45. The van der Waals surface area contributed by atoms with Gasteiger partial charge in [0.15, 0.2) is 0 Å². The number of allylic oxidation sites excluding steroid dienone is 1. The summed E-state index contributed by atoms with van der Waals surface area (Å²) in [6, 6.07) is 5.46. The number of hydrogen-bond donors (Lipinski definition) is 0. The molecule has 0 saturated carbocycles. The van der Waals surface area contributed by atoms with Crippen molar-refractivity contribution in [3.8, 4) is 6.07 Å². The van der Waals surface area contributed by atoms with Crippen molar-refractivity contribution in [1.82, 2.24) is 19.8 Å². The van der Waals surface area contributed by atoms with E-state index in [0.29, 0.717) is 17.9 Å². The van der Waals surface area contributed by atoms with Crippen molar-refractivity contribution in [1.29, 1.82) is 5.26 Å². The number of hydrogen-bond acceptors (Lipinski definition) is 7. The zero-order chi connectivity index (χ0) is 27.9. The summed E-state index contributed by atoms with van der Waals surface area (Å²) < 4.78 is 0. The number of nitriles is 1. The Morgan fingerprint density at radius 2 is 2.05 bits per heavy atom. The number of aromatic nitrogens is 2. The maximum Gasteiger partial charge on any atom is 0.135 e. The molecule has 0 amide bonds. The molecule has 4 unspecified atom stereocenters. The van der Waals surface area contributed by atoms with Gasteiger partial charge in [-0.25, -0.2) is 9.97 Å². The zero-order valence-electron chi connectivity index (χ0n) is 24.4. The molecule has 0 bridgehead atoms. The molecule has 7 heteroatoms. The first kappa shape index (κ1) is 27.5. The molecule has 0 N–H and O–H groups in total.